The average Bonchev–Trinajstić information content (AvgIpc) is 2.95. The van der Waals surface area contributed by atoms with Crippen LogP contribution in [0.2, 0.25) is 5.02 Å². The van der Waals surface area contributed by atoms with Crippen LogP contribution >= 0.6 is 11.6 Å². The second kappa shape index (κ2) is 9.66. The zero-order valence-electron chi connectivity index (χ0n) is 17.2. The summed E-state index contributed by atoms with van der Waals surface area (Å²) in [5.41, 5.74) is 2.70. The Labute approximate surface area is 191 Å². The Balaban J connectivity index is 1.58. The lowest BCUT2D eigenvalue weighted by molar-refractivity contribution is -0.132. The number of fused-ring (bicyclic) bond motifs is 1. The number of aldehydes is 1. The molecule has 1 aliphatic rings. The second-order valence-corrected chi connectivity index (χ2v) is 7.78. The Morgan fingerprint density at radius 3 is 2.50 bits per heavy atom. The number of para-hydroxylation sites is 1. The molecule has 32 heavy (non-hydrogen) atoms. The molecule has 0 saturated carbocycles. The minimum Gasteiger partial charge on any atom is -0.489 e. The van der Waals surface area contributed by atoms with Crippen LogP contribution in [0.15, 0.2) is 72.8 Å². The van der Waals surface area contributed by atoms with Gasteiger partial charge in [-0.25, -0.2) is 0 Å². The third-order valence-electron chi connectivity index (χ3n) is 5.25. The first-order valence-electron chi connectivity index (χ1n) is 10.1. The molecule has 0 aliphatic carbocycles. The number of anilines is 1. The molecule has 2 amide bonds. The lowest BCUT2D eigenvalue weighted by Gasteiger charge is -2.22. The predicted octanol–water partition coefficient (Wildman–Crippen LogP) is 4.11. The van der Waals surface area contributed by atoms with Gasteiger partial charge >= 0.3 is 0 Å². The summed E-state index contributed by atoms with van der Waals surface area (Å²) >= 11 is 6.44. The molecule has 0 spiro atoms. The molecule has 4 rings (SSSR count). The van der Waals surface area contributed by atoms with E-state index in [4.69, 9.17) is 16.3 Å². The topological polar surface area (TPSA) is 66.9 Å². The fraction of sp³-hybridized carbons (Fsp3) is 0.160. The molecular weight excluding hydrogens is 428 g/mol. The molecule has 0 bridgehead atoms. The molecule has 0 atom stereocenters. The summed E-state index contributed by atoms with van der Waals surface area (Å²) in [7, 11) is 0. The molecule has 0 aromatic heterocycles. The van der Waals surface area contributed by atoms with Gasteiger partial charge in [-0.1, -0.05) is 60.1 Å². The zero-order valence-corrected chi connectivity index (χ0v) is 18.0. The van der Waals surface area contributed by atoms with Crippen molar-refractivity contribution in [2.45, 2.75) is 13.2 Å². The summed E-state index contributed by atoms with van der Waals surface area (Å²) in [5.74, 6) is -0.154. The number of nitrogens with zero attached hydrogens (tertiary/aromatic N) is 2. The smallest absolute Gasteiger partial charge is 0.260 e. The van der Waals surface area contributed by atoms with Crippen LogP contribution in [-0.4, -0.2) is 36.1 Å². The Hall–Kier alpha value is -3.64. The number of benzene rings is 3. The normalized spacial score (nSPS) is 13.3. The predicted molar refractivity (Wildman–Crippen MR) is 122 cm³/mol. The van der Waals surface area contributed by atoms with Gasteiger partial charge in [0.1, 0.15) is 25.2 Å². The van der Waals surface area contributed by atoms with E-state index < -0.39 is 5.91 Å². The fourth-order valence-corrected chi connectivity index (χ4v) is 3.86. The first-order valence-corrected chi connectivity index (χ1v) is 10.5. The van der Waals surface area contributed by atoms with Gasteiger partial charge in [0.2, 0.25) is 5.91 Å². The van der Waals surface area contributed by atoms with Crippen molar-refractivity contribution in [3.63, 3.8) is 0 Å². The van der Waals surface area contributed by atoms with Gasteiger partial charge in [-0.05, 0) is 35.4 Å². The summed E-state index contributed by atoms with van der Waals surface area (Å²) in [6, 6.07) is 21.9. The van der Waals surface area contributed by atoms with E-state index in [0.29, 0.717) is 24.3 Å². The standard InChI is InChI=1S/C25H21ClN2O4/c26-22-14-20(32-17-18-6-2-1-3-7-18)10-11-21(22)25(31)28-16-24(30)27(12-13-29)15-19-8-4-5-9-23(19)28/h1-11,13-14H,12,15-17H2. The van der Waals surface area contributed by atoms with E-state index in [9.17, 15) is 14.4 Å². The molecule has 162 valence electrons. The van der Waals surface area contributed by atoms with Gasteiger partial charge < -0.3 is 14.4 Å². The fourth-order valence-electron chi connectivity index (χ4n) is 3.60. The van der Waals surface area contributed by atoms with Gasteiger partial charge in [0, 0.05) is 12.2 Å². The highest BCUT2D eigenvalue weighted by Gasteiger charge is 2.30. The molecule has 0 fully saturated rings. The highest BCUT2D eigenvalue weighted by molar-refractivity contribution is 6.34. The highest BCUT2D eigenvalue weighted by atomic mass is 35.5. The van der Waals surface area contributed by atoms with Crippen molar-refractivity contribution in [1.82, 2.24) is 4.90 Å². The van der Waals surface area contributed by atoms with E-state index in [-0.39, 0.29) is 36.1 Å². The molecule has 0 unspecified atom stereocenters. The van der Waals surface area contributed by atoms with E-state index >= 15 is 0 Å². The third-order valence-corrected chi connectivity index (χ3v) is 5.56. The van der Waals surface area contributed by atoms with Gasteiger partial charge in [0.25, 0.3) is 5.91 Å². The maximum absolute atomic E-state index is 13.4. The summed E-state index contributed by atoms with van der Waals surface area (Å²) in [5, 5.41) is 0.236. The molecule has 6 nitrogen and oxygen atoms in total. The highest BCUT2D eigenvalue weighted by Crippen LogP contribution is 2.30. The number of ether oxygens (including phenoxy) is 1. The van der Waals surface area contributed by atoms with Gasteiger partial charge in [-0.3, -0.25) is 14.5 Å². The van der Waals surface area contributed by atoms with Gasteiger partial charge in [0.15, 0.2) is 0 Å². The SMILES string of the molecule is O=CCN1Cc2ccccc2N(C(=O)c2ccc(OCc3ccccc3)cc2Cl)CC1=O. The third kappa shape index (κ3) is 4.65. The lowest BCUT2D eigenvalue weighted by atomic mass is 10.1. The van der Waals surface area contributed by atoms with Crippen molar-refractivity contribution in [3.8, 4) is 5.75 Å². The van der Waals surface area contributed by atoms with Gasteiger partial charge in [-0.15, -0.1) is 0 Å². The number of halogens is 1. The van der Waals surface area contributed by atoms with Crippen LogP contribution in [0.1, 0.15) is 21.5 Å². The Morgan fingerprint density at radius 1 is 1.00 bits per heavy atom. The van der Waals surface area contributed by atoms with E-state index in [1.165, 1.54) is 9.80 Å². The van der Waals surface area contributed by atoms with Crippen molar-refractivity contribution in [3.05, 3.63) is 94.5 Å². The van der Waals surface area contributed by atoms with E-state index in [0.717, 1.165) is 11.1 Å². The van der Waals surface area contributed by atoms with Crippen LogP contribution < -0.4 is 9.64 Å². The molecular formula is C25H21ClN2O4. The molecule has 0 radical (unpaired) electrons. The largest absolute Gasteiger partial charge is 0.489 e. The van der Waals surface area contributed by atoms with Crippen LogP contribution in [0.3, 0.4) is 0 Å². The lowest BCUT2D eigenvalue weighted by Crippen LogP contribution is -2.40. The van der Waals surface area contributed by atoms with Crippen LogP contribution in [0.25, 0.3) is 0 Å². The van der Waals surface area contributed by atoms with E-state index in [1.807, 2.05) is 42.5 Å². The van der Waals surface area contributed by atoms with Crippen molar-refractivity contribution in [2.24, 2.45) is 0 Å². The van der Waals surface area contributed by atoms with Gasteiger partial charge in [0.05, 0.1) is 17.1 Å². The van der Waals surface area contributed by atoms with Crippen LogP contribution in [-0.2, 0) is 22.7 Å². The first-order chi connectivity index (χ1) is 15.6. The molecule has 0 saturated heterocycles. The second-order valence-electron chi connectivity index (χ2n) is 7.38. The minimum atomic E-state index is -0.390. The molecule has 1 aliphatic heterocycles. The van der Waals surface area contributed by atoms with Crippen molar-refractivity contribution >= 4 is 35.4 Å². The molecule has 7 heteroatoms. The zero-order chi connectivity index (χ0) is 22.5. The van der Waals surface area contributed by atoms with E-state index in [1.54, 1.807) is 30.3 Å². The van der Waals surface area contributed by atoms with Crippen LogP contribution in [0.4, 0.5) is 5.69 Å². The summed E-state index contributed by atoms with van der Waals surface area (Å²) < 4.78 is 5.78. The van der Waals surface area contributed by atoms with Crippen molar-refractivity contribution in [2.75, 3.05) is 18.0 Å². The average molecular weight is 449 g/mol. The molecule has 3 aromatic rings. The first kappa shape index (κ1) is 21.6. The maximum Gasteiger partial charge on any atom is 0.260 e. The number of carbonyl (C=O) groups is 3. The van der Waals surface area contributed by atoms with Crippen molar-refractivity contribution < 1.29 is 19.1 Å². The minimum absolute atomic E-state index is 0.0244. The van der Waals surface area contributed by atoms with E-state index in [2.05, 4.69) is 0 Å². The number of amides is 2. The Bertz CT molecular complexity index is 1150. The number of carbonyl (C=O) groups excluding carboxylic acids is 3. The van der Waals surface area contributed by atoms with Gasteiger partial charge in [-0.2, -0.15) is 0 Å². The Kier molecular flexibility index (Phi) is 6.52. The number of hydrogen-bond acceptors (Lipinski definition) is 4. The molecule has 0 N–H and O–H groups in total. The maximum atomic E-state index is 13.4. The summed E-state index contributed by atoms with van der Waals surface area (Å²) in [6.07, 6.45) is 0.684. The van der Waals surface area contributed by atoms with Crippen molar-refractivity contribution in [1.29, 1.82) is 0 Å². The van der Waals surface area contributed by atoms with Crippen LogP contribution in [0, 0.1) is 0 Å². The molecule has 3 aromatic carbocycles. The monoisotopic (exact) mass is 448 g/mol. The number of rotatable bonds is 6. The summed E-state index contributed by atoms with van der Waals surface area (Å²) in [4.78, 5) is 39.9. The molecule has 1 heterocycles. The van der Waals surface area contributed by atoms with Crippen LogP contribution in [0.5, 0.6) is 5.75 Å². The summed E-state index contributed by atoms with van der Waals surface area (Å²) in [6.45, 7) is 0.443. The number of hydrogen-bond donors (Lipinski definition) is 0. The quantitative estimate of drug-likeness (QED) is 0.532. The Morgan fingerprint density at radius 2 is 1.75 bits per heavy atom.